The molecule has 0 spiro atoms. The van der Waals surface area contributed by atoms with E-state index in [0.29, 0.717) is 28.3 Å². The Kier molecular flexibility index (Phi) is 8.22. The van der Waals surface area contributed by atoms with Crippen LogP contribution in [-0.2, 0) is 11.5 Å². The van der Waals surface area contributed by atoms with Gasteiger partial charge in [-0.25, -0.2) is 24.6 Å². The van der Waals surface area contributed by atoms with Gasteiger partial charge in [-0.1, -0.05) is 42.8 Å². The first-order valence-electron chi connectivity index (χ1n) is 8.78. The van der Waals surface area contributed by atoms with Gasteiger partial charge >= 0.3 is 0 Å². The Hall–Kier alpha value is -0.683. The molecule has 4 rings (SSSR count). The van der Waals surface area contributed by atoms with Crippen molar-refractivity contribution in [1.29, 1.82) is 0 Å². The normalized spacial score (nSPS) is 11.7. The second-order valence-corrected chi connectivity index (χ2v) is 15.9. The summed E-state index contributed by atoms with van der Waals surface area (Å²) in [5.74, 6) is 0. The number of hydrogen-bond acceptors (Lipinski definition) is 7. The van der Waals surface area contributed by atoms with Crippen LogP contribution in [0.3, 0.4) is 0 Å². The molecular weight excluding hydrogens is 673 g/mol. The molecule has 0 aliphatic heterocycles. The number of aromatic nitrogens is 8. The number of rotatable bonds is 5. The highest BCUT2D eigenvalue weighted by molar-refractivity contribution is 14.1. The molecule has 0 saturated carbocycles. The van der Waals surface area contributed by atoms with Gasteiger partial charge in [-0.3, -0.25) is 5.10 Å². The van der Waals surface area contributed by atoms with Crippen molar-refractivity contribution in [3.05, 3.63) is 30.1 Å². The van der Waals surface area contributed by atoms with Crippen LogP contribution >= 0.6 is 68.4 Å². The average molecular weight is 691 g/mol. The predicted molar refractivity (Wildman–Crippen MR) is 137 cm³/mol. The second kappa shape index (κ2) is 10.3. The van der Waals surface area contributed by atoms with Gasteiger partial charge in [-0.05, 0) is 51.2 Å². The Balaban J connectivity index is 0.000000196. The topological polar surface area (TPSA) is 107 Å². The Morgan fingerprint density at radius 2 is 1.73 bits per heavy atom. The van der Waals surface area contributed by atoms with Crippen molar-refractivity contribution in [1.82, 2.24) is 39.9 Å². The van der Waals surface area contributed by atoms with E-state index in [0.717, 1.165) is 31.1 Å². The van der Waals surface area contributed by atoms with Crippen molar-refractivity contribution in [2.45, 2.75) is 32.4 Å². The molecule has 4 aromatic heterocycles. The summed E-state index contributed by atoms with van der Waals surface area (Å²) in [5, 5.41) is 11.7. The third-order valence-electron chi connectivity index (χ3n) is 3.78. The van der Waals surface area contributed by atoms with Crippen LogP contribution < -0.4 is 0 Å². The molecule has 1 N–H and O–H groups in total. The maximum absolute atomic E-state index is 5.87. The molecule has 4 aromatic rings. The number of nitrogens with zero attached hydrogens (tertiary/aromatic N) is 7. The van der Waals surface area contributed by atoms with Gasteiger partial charge < -0.3 is 4.74 Å². The Morgan fingerprint density at radius 1 is 1.07 bits per heavy atom. The summed E-state index contributed by atoms with van der Waals surface area (Å²) in [6.07, 6.45) is 3.03. The number of fused-ring (bicyclic) bond motifs is 2. The third kappa shape index (κ3) is 6.41. The fourth-order valence-corrected chi connectivity index (χ4v) is 4.41. The minimum Gasteiger partial charge on any atom is -0.359 e. The molecule has 0 saturated heterocycles. The first-order chi connectivity index (χ1) is 14.1. The summed E-state index contributed by atoms with van der Waals surface area (Å²) < 4.78 is 9.07. The SMILES string of the molecule is C[Si](C)(C)CCOCn1nc(I)c2ncc(Cl)nc21.Clc1cnc2c(I)[nH]nc2n1. The zero-order valence-corrected chi connectivity index (χ0v) is 23.2. The summed E-state index contributed by atoms with van der Waals surface area (Å²) in [4.78, 5) is 16.5. The molecule has 30 heavy (non-hydrogen) atoms. The van der Waals surface area contributed by atoms with E-state index < -0.39 is 8.07 Å². The van der Waals surface area contributed by atoms with Gasteiger partial charge in [0.2, 0.25) is 5.65 Å². The molecule has 0 aliphatic carbocycles. The summed E-state index contributed by atoms with van der Waals surface area (Å²) in [6, 6.07) is 1.13. The molecule has 0 bridgehead atoms. The zero-order valence-electron chi connectivity index (χ0n) is 16.3. The first-order valence-corrected chi connectivity index (χ1v) is 15.4. The smallest absolute Gasteiger partial charge is 0.202 e. The Morgan fingerprint density at radius 3 is 2.43 bits per heavy atom. The van der Waals surface area contributed by atoms with E-state index in [2.05, 4.69) is 100 Å². The van der Waals surface area contributed by atoms with Gasteiger partial charge in [0.25, 0.3) is 0 Å². The molecule has 160 valence electrons. The summed E-state index contributed by atoms with van der Waals surface area (Å²) >= 11 is 15.7. The first kappa shape index (κ1) is 24.0. The highest BCUT2D eigenvalue weighted by Crippen LogP contribution is 2.18. The quantitative estimate of drug-likeness (QED) is 0.178. The van der Waals surface area contributed by atoms with E-state index in [9.17, 15) is 0 Å². The van der Waals surface area contributed by atoms with Crippen LogP contribution in [0.1, 0.15) is 0 Å². The van der Waals surface area contributed by atoms with E-state index in [4.69, 9.17) is 27.9 Å². The number of ether oxygens (including phenoxy) is 1. The van der Waals surface area contributed by atoms with Crippen molar-refractivity contribution in [2.24, 2.45) is 0 Å². The highest BCUT2D eigenvalue weighted by Gasteiger charge is 2.14. The number of H-pyrrole nitrogens is 1. The summed E-state index contributed by atoms with van der Waals surface area (Å²) in [7, 11) is -1.06. The van der Waals surface area contributed by atoms with Crippen molar-refractivity contribution >= 4 is 98.8 Å². The van der Waals surface area contributed by atoms with Crippen LogP contribution in [0, 0.1) is 7.40 Å². The van der Waals surface area contributed by atoms with Gasteiger partial charge in [0.1, 0.15) is 31.8 Å². The predicted octanol–water partition coefficient (Wildman–Crippen LogP) is 5.01. The van der Waals surface area contributed by atoms with E-state index in [1.54, 1.807) is 4.68 Å². The summed E-state index contributed by atoms with van der Waals surface area (Å²) in [6.45, 7) is 8.12. The average Bonchev–Trinajstić information content (AvgIpc) is 3.18. The molecule has 0 fully saturated rings. The van der Waals surface area contributed by atoms with Crippen LogP contribution in [0.4, 0.5) is 0 Å². The fraction of sp³-hybridized carbons (Fsp3) is 0.375. The van der Waals surface area contributed by atoms with Crippen molar-refractivity contribution in [3.63, 3.8) is 0 Å². The highest BCUT2D eigenvalue weighted by atomic mass is 127. The monoisotopic (exact) mass is 690 g/mol. The minimum absolute atomic E-state index is 0.361. The molecule has 0 aliphatic rings. The van der Waals surface area contributed by atoms with E-state index in [-0.39, 0.29) is 0 Å². The lowest BCUT2D eigenvalue weighted by atomic mass is 10.5. The van der Waals surface area contributed by atoms with E-state index >= 15 is 0 Å². The van der Waals surface area contributed by atoms with Crippen molar-refractivity contribution in [2.75, 3.05) is 6.61 Å². The standard InChI is InChI=1S/C11H16ClIN4OSi.C5H2ClIN4/c1-19(2,3)5-4-18-7-17-11-9(10(13)16-17)14-6-8(12)15-11;6-2-1-8-3-4(7)10-11-5(3)9-2/h6H,4-5,7H2,1-3H3;1H,(H,9,10,11). The fourth-order valence-electron chi connectivity index (χ4n) is 2.25. The maximum atomic E-state index is 5.87. The van der Waals surface area contributed by atoms with Gasteiger partial charge in [-0.15, -0.1) is 0 Å². The largest absolute Gasteiger partial charge is 0.359 e. The molecule has 14 heteroatoms. The summed E-state index contributed by atoms with van der Waals surface area (Å²) in [5.41, 5.74) is 2.75. The Labute approximate surface area is 211 Å². The lowest BCUT2D eigenvalue weighted by Gasteiger charge is -2.15. The number of halogens is 4. The lowest BCUT2D eigenvalue weighted by Crippen LogP contribution is -2.22. The number of hydrogen-bond donors (Lipinski definition) is 1. The van der Waals surface area contributed by atoms with E-state index in [1.807, 2.05) is 0 Å². The van der Waals surface area contributed by atoms with Crippen LogP contribution in [0.15, 0.2) is 12.4 Å². The molecule has 9 nitrogen and oxygen atoms in total. The van der Waals surface area contributed by atoms with Gasteiger partial charge in [-0.2, -0.15) is 10.2 Å². The number of nitrogens with one attached hydrogen (secondary N) is 1. The van der Waals surface area contributed by atoms with Gasteiger partial charge in [0, 0.05) is 14.7 Å². The third-order valence-corrected chi connectivity index (χ3v) is 7.32. The molecule has 0 amide bonds. The van der Waals surface area contributed by atoms with Crippen molar-refractivity contribution in [3.8, 4) is 0 Å². The number of aromatic amines is 1. The van der Waals surface area contributed by atoms with Gasteiger partial charge in [0.15, 0.2) is 9.35 Å². The molecule has 0 aromatic carbocycles. The second-order valence-electron chi connectivity index (χ2n) is 7.41. The minimum atomic E-state index is -1.06. The lowest BCUT2D eigenvalue weighted by molar-refractivity contribution is 0.0810. The Bertz CT molecular complexity index is 1160. The van der Waals surface area contributed by atoms with E-state index in [1.165, 1.54) is 12.4 Å². The van der Waals surface area contributed by atoms with Gasteiger partial charge in [0.05, 0.1) is 12.4 Å². The molecule has 0 unspecified atom stereocenters. The van der Waals surface area contributed by atoms with Crippen LogP contribution in [-0.4, -0.2) is 54.6 Å². The molecule has 0 atom stereocenters. The maximum Gasteiger partial charge on any atom is 0.202 e. The zero-order chi connectivity index (χ0) is 21.9. The molecule has 0 radical (unpaired) electrons. The van der Waals surface area contributed by atoms with Crippen LogP contribution in [0.2, 0.25) is 36.0 Å². The molecule has 4 heterocycles. The van der Waals surface area contributed by atoms with Crippen LogP contribution in [0.5, 0.6) is 0 Å². The van der Waals surface area contributed by atoms with Crippen molar-refractivity contribution < 1.29 is 4.74 Å². The van der Waals surface area contributed by atoms with Crippen LogP contribution in [0.25, 0.3) is 22.3 Å². The molecular formula is C16H18Cl2I2N8OSi.